The minimum atomic E-state index is -0.700. The third-order valence-electron chi connectivity index (χ3n) is 2.86. The molecule has 0 saturated heterocycles. The minimum Gasteiger partial charge on any atom is -0.388 e. The smallest absolute Gasteiger partial charge is 0.304 e. The van der Waals surface area contributed by atoms with E-state index in [1.165, 1.54) is 17.4 Å². The average Bonchev–Trinajstić information content (AvgIpc) is 2.75. The Labute approximate surface area is 116 Å². The Morgan fingerprint density at radius 2 is 2.21 bits per heavy atom. The second-order valence-corrected chi connectivity index (χ2v) is 5.42. The quantitative estimate of drug-likeness (QED) is 0.616. The summed E-state index contributed by atoms with van der Waals surface area (Å²) >= 11 is 1.26. The summed E-state index contributed by atoms with van der Waals surface area (Å²) in [6, 6.07) is 1.49. The van der Waals surface area contributed by atoms with E-state index >= 15 is 0 Å². The molecule has 0 radical (unpaired) electrons. The summed E-state index contributed by atoms with van der Waals surface area (Å²) in [4.78, 5) is 13.3. The number of ether oxygens (including phenoxy) is 1. The molecule has 108 valence electrons. The maximum Gasteiger partial charge on any atom is 0.304 e. The summed E-state index contributed by atoms with van der Waals surface area (Å²) in [6.45, 7) is 6.64. The highest BCUT2D eigenvalue weighted by molar-refractivity contribution is 7.16. The van der Waals surface area contributed by atoms with Crippen LogP contribution in [0, 0.1) is 10.1 Å². The molecule has 0 saturated carbocycles. The predicted molar refractivity (Wildman–Crippen MR) is 76.0 cm³/mol. The Hall–Kier alpha value is -1.18. The van der Waals surface area contributed by atoms with Gasteiger partial charge in [-0.1, -0.05) is 0 Å². The first kappa shape index (κ1) is 15.9. The van der Waals surface area contributed by atoms with Crippen molar-refractivity contribution in [1.29, 1.82) is 0 Å². The summed E-state index contributed by atoms with van der Waals surface area (Å²) < 4.78 is 5.11. The van der Waals surface area contributed by atoms with Gasteiger partial charge in [-0.2, -0.15) is 0 Å². The molecule has 0 aliphatic carbocycles. The van der Waals surface area contributed by atoms with Gasteiger partial charge in [0.05, 0.1) is 23.7 Å². The number of nitro groups is 1. The highest BCUT2D eigenvalue weighted by atomic mass is 32.1. The van der Waals surface area contributed by atoms with Crippen LogP contribution in [0.25, 0.3) is 0 Å². The predicted octanol–water partition coefficient (Wildman–Crippen LogP) is 2.57. The monoisotopic (exact) mass is 288 g/mol. The second-order valence-electron chi connectivity index (χ2n) is 4.36. The normalized spacial score (nSPS) is 14.2. The van der Waals surface area contributed by atoms with Gasteiger partial charge in [0.15, 0.2) is 5.00 Å². The highest BCUT2D eigenvalue weighted by Gasteiger charge is 2.27. The number of methoxy groups -OCH3 is 1. The maximum absolute atomic E-state index is 11.1. The Morgan fingerprint density at radius 1 is 1.58 bits per heavy atom. The van der Waals surface area contributed by atoms with Crippen molar-refractivity contribution in [2.75, 3.05) is 25.2 Å². The van der Waals surface area contributed by atoms with Crippen LogP contribution >= 0.6 is 11.3 Å². The van der Waals surface area contributed by atoms with E-state index in [-0.39, 0.29) is 11.7 Å². The molecule has 1 heterocycles. The molecular weight excluding hydrogens is 268 g/mol. The first-order chi connectivity index (χ1) is 8.92. The van der Waals surface area contributed by atoms with E-state index in [1.54, 1.807) is 14.0 Å². The third kappa shape index (κ3) is 3.65. The topological polar surface area (TPSA) is 75.8 Å². The lowest BCUT2D eigenvalue weighted by Gasteiger charge is -2.27. The summed E-state index contributed by atoms with van der Waals surface area (Å²) in [7, 11) is 1.61. The molecule has 2 atom stereocenters. The largest absolute Gasteiger partial charge is 0.388 e. The lowest BCUT2D eigenvalue weighted by Crippen LogP contribution is -2.35. The Morgan fingerprint density at radius 3 is 2.63 bits per heavy atom. The molecular formula is C12H20N2O4S. The number of hydrogen-bond donors (Lipinski definition) is 1. The lowest BCUT2D eigenvalue weighted by molar-refractivity contribution is -0.383. The zero-order valence-electron chi connectivity index (χ0n) is 11.6. The Balaban J connectivity index is 3.17. The van der Waals surface area contributed by atoms with Crippen LogP contribution in [0.4, 0.5) is 10.7 Å². The van der Waals surface area contributed by atoms with E-state index in [0.29, 0.717) is 23.0 Å². The standard InChI is InChI=1S/C12H20N2O4S/c1-5-13(8(2)7-18-4)12-10(14(16)17)6-11(19-12)9(3)15/h6,8-9,15H,5,7H2,1-4H3. The Kier molecular flexibility index (Phi) is 5.71. The first-order valence-corrected chi connectivity index (χ1v) is 6.95. The fourth-order valence-electron chi connectivity index (χ4n) is 1.92. The number of likely N-dealkylation sites (N-methyl/N-ethyl adjacent to an activating group) is 1. The van der Waals surface area contributed by atoms with E-state index in [1.807, 2.05) is 18.7 Å². The summed E-state index contributed by atoms with van der Waals surface area (Å²) in [5, 5.41) is 21.3. The van der Waals surface area contributed by atoms with Crippen LogP contribution in [0.15, 0.2) is 6.07 Å². The fraction of sp³-hybridized carbons (Fsp3) is 0.667. The van der Waals surface area contributed by atoms with Gasteiger partial charge in [-0.15, -0.1) is 11.3 Å². The van der Waals surface area contributed by atoms with E-state index in [0.717, 1.165) is 0 Å². The highest BCUT2D eigenvalue weighted by Crippen LogP contribution is 2.40. The van der Waals surface area contributed by atoms with Gasteiger partial charge < -0.3 is 14.7 Å². The molecule has 0 spiro atoms. The van der Waals surface area contributed by atoms with E-state index in [4.69, 9.17) is 4.74 Å². The molecule has 1 rings (SSSR count). The molecule has 0 aromatic carbocycles. The lowest BCUT2D eigenvalue weighted by atomic mass is 10.2. The van der Waals surface area contributed by atoms with Crippen molar-refractivity contribution in [3.05, 3.63) is 21.1 Å². The van der Waals surface area contributed by atoms with Crippen molar-refractivity contribution in [3.63, 3.8) is 0 Å². The molecule has 1 N–H and O–H groups in total. The molecule has 1 aromatic rings. The molecule has 0 amide bonds. The summed E-state index contributed by atoms with van der Waals surface area (Å²) in [5.41, 5.74) is 0.0469. The van der Waals surface area contributed by atoms with E-state index in [9.17, 15) is 15.2 Å². The summed E-state index contributed by atoms with van der Waals surface area (Å²) in [6.07, 6.45) is -0.700. The SMILES string of the molecule is CCN(c1sc(C(C)O)cc1[N+](=O)[O-])C(C)COC. The number of rotatable bonds is 7. The molecule has 19 heavy (non-hydrogen) atoms. The van der Waals surface area contributed by atoms with Crippen LogP contribution in [-0.4, -0.2) is 36.3 Å². The number of aliphatic hydroxyl groups is 1. The minimum absolute atomic E-state index is 0.0363. The zero-order chi connectivity index (χ0) is 14.6. The molecule has 0 fully saturated rings. The molecule has 2 unspecified atom stereocenters. The van der Waals surface area contributed by atoms with Crippen molar-refractivity contribution in [3.8, 4) is 0 Å². The zero-order valence-corrected chi connectivity index (χ0v) is 12.4. The first-order valence-electron chi connectivity index (χ1n) is 6.14. The van der Waals surface area contributed by atoms with Gasteiger partial charge in [-0.25, -0.2) is 0 Å². The maximum atomic E-state index is 11.1. The fourth-order valence-corrected chi connectivity index (χ4v) is 3.15. The van der Waals surface area contributed by atoms with Crippen molar-refractivity contribution < 1.29 is 14.8 Å². The summed E-state index contributed by atoms with van der Waals surface area (Å²) in [5.74, 6) is 0. The number of aliphatic hydroxyl groups excluding tert-OH is 1. The van der Waals surface area contributed by atoms with Gasteiger partial charge in [-0.05, 0) is 20.8 Å². The molecule has 1 aromatic heterocycles. The van der Waals surface area contributed by atoms with Gasteiger partial charge in [-0.3, -0.25) is 10.1 Å². The van der Waals surface area contributed by atoms with Crippen molar-refractivity contribution in [1.82, 2.24) is 0 Å². The van der Waals surface area contributed by atoms with Gasteiger partial charge in [0.1, 0.15) is 0 Å². The third-order valence-corrected chi connectivity index (χ3v) is 4.19. The van der Waals surface area contributed by atoms with Crippen LogP contribution in [-0.2, 0) is 4.74 Å². The van der Waals surface area contributed by atoms with E-state index < -0.39 is 11.0 Å². The van der Waals surface area contributed by atoms with Crippen molar-refractivity contribution >= 4 is 22.0 Å². The molecule has 7 heteroatoms. The van der Waals surface area contributed by atoms with Crippen molar-refractivity contribution in [2.45, 2.75) is 32.9 Å². The number of thiophene rings is 1. The number of nitrogens with zero attached hydrogens (tertiary/aromatic N) is 2. The van der Waals surface area contributed by atoms with Gasteiger partial charge in [0.2, 0.25) is 0 Å². The van der Waals surface area contributed by atoms with Gasteiger partial charge in [0.25, 0.3) is 0 Å². The van der Waals surface area contributed by atoms with Crippen LogP contribution in [0.3, 0.4) is 0 Å². The van der Waals surface area contributed by atoms with Crippen molar-refractivity contribution in [2.24, 2.45) is 0 Å². The van der Waals surface area contributed by atoms with Gasteiger partial charge >= 0.3 is 5.69 Å². The molecule has 0 bridgehead atoms. The van der Waals surface area contributed by atoms with E-state index in [2.05, 4.69) is 0 Å². The molecule has 0 aliphatic heterocycles. The van der Waals surface area contributed by atoms with Crippen LogP contribution in [0.1, 0.15) is 31.8 Å². The molecule has 6 nitrogen and oxygen atoms in total. The number of hydrogen-bond acceptors (Lipinski definition) is 6. The number of anilines is 1. The Bertz CT molecular complexity index is 433. The average molecular weight is 288 g/mol. The second kappa shape index (κ2) is 6.83. The molecule has 0 aliphatic rings. The van der Waals surface area contributed by atoms with Crippen LogP contribution in [0.2, 0.25) is 0 Å². The van der Waals surface area contributed by atoms with Crippen LogP contribution < -0.4 is 4.90 Å². The van der Waals surface area contributed by atoms with Crippen LogP contribution in [0.5, 0.6) is 0 Å². The van der Waals surface area contributed by atoms with Gasteiger partial charge in [0, 0.05) is 24.6 Å².